The van der Waals surface area contributed by atoms with Crippen molar-refractivity contribution in [3.8, 4) is 0 Å². The monoisotopic (exact) mass is 619 g/mol. The predicted molar refractivity (Wildman–Crippen MR) is 147 cm³/mol. The highest BCUT2D eigenvalue weighted by Gasteiger charge is 2.28. The van der Waals surface area contributed by atoms with Crippen LogP contribution < -0.4 is 15.5 Å². The summed E-state index contributed by atoms with van der Waals surface area (Å²) in [6, 6.07) is 18.5. The molecule has 37 heavy (non-hydrogen) atoms. The van der Waals surface area contributed by atoms with Gasteiger partial charge in [0.2, 0.25) is 11.8 Å². The van der Waals surface area contributed by atoms with Gasteiger partial charge in [-0.15, -0.1) is 0 Å². The Morgan fingerprint density at radius 2 is 1.57 bits per heavy atom. The number of carbonyl (C=O) groups excluding carboxylic acids is 3. The first kappa shape index (κ1) is 28.4. The molecule has 0 heterocycles. The molecular weight excluding hydrogens is 591 g/mol. The molecule has 0 saturated carbocycles. The number of hydrogen-bond donors (Lipinski definition) is 2. The van der Waals surface area contributed by atoms with Crippen molar-refractivity contribution >= 4 is 46.0 Å². The second-order valence-corrected chi connectivity index (χ2v) is 9.80. The van der Waals surface area contributed by atoms with Crippen molar-refractivity contribution in [1.29, 1.82) is 0 Å². The lowest BCUT2D eigenvalue weighted by Crippen LogP contribution is -2.51. The summed E-state index contributed by atoms with van der Waals surface area (Å²) in [4.78, 5) is 39.8. The van der Waals surface area contributed by atoms with E-state index in [4.69, 9.17) is 0 Å². The lowest BCUT2D eigenvalue weighted by molar-refractivity contribution is -0.130. The highest BCUT2D eigenvalue weighted by atomic mass is 127. The molecule has 6 nitrogen and oxygen atoms in total. The summed E-state index contributed by atoms with van der Waals surface area (Å²) in [5, 5.41) is 5.61. The second-order valence-electron chi connectivity index (χ2n) is 8.55. The van der Waals surface area contributed by atoms with Crippen molar-refractivity contribution in [3.05, 3.63) is 99.1 Å². The number of aryl methyl sites for hydroxylation is 1. The highest BCUT2D eigenvalue weighted by Crippen LogP contribution is 2.16. The first-order valence-corrected chi connectivity index (χ1v) is 12.9. The summed E-state index contributed by atoms with van der Waals surface area (Å²) in [5.74, 6) is -3.26. The zero-order chi connectivity index (χ0) is 26.8. The Balaban J connectivity index is 1.57. The van der Waals surface area contributed by atoms with Crippen molar-refractivity contribution in [2.75, 3.05) is 18.0 Å². The maximum atomic E-state index is 13.4. The Labute approximate surface area is 228 Å². The molecule has 0 bridgehead atoms. The third-order valence-corrected chi connectivity index (χ3v) is 6.25. The molecule has 0 aromatic heterocycles. The largest absolute Gasteiger partial charge is 0.344 e. The van der Waals surface area contributed by atoms with Crippen molar-refractivity contribution in [2.45, 2.75) is 32.2 Å². The fourth-order valence-corrected chi connectivity index (χ4v) is 4.12. The van der Waals surface area contributed by atoms with Crippen molar-refractivity contribution in [3.63, 3.8) is 0 Å². The third kappa shape index (κ3) is 9.01. The minimum absolute atomic E-state index is 0.0590. The normalized spacial score (nSPS) is 11.6. The number of halogens is 3. The van der Waals surface area contributed by atoms with E-state index in [0.717, 1.165) is 29.9 Å². The van der Waals surface area contributed by atoms with Crippen LogP contribution in [0.1, 0.15) is 24.5 Å². The summed E-state index contributed by atoms with van der Waals surface area (Å²) in [5.41, 5.74) is 1.73. The van der Waals surface area contributed by atoms with Crippen LogP contribution in [0.2, 0.25) is 0 Å². The molecule has 9 heteroatoms. The Morgan fingerprint density at radius 3 is 2.22 bits per heavy atom. The number of carbonyl (C=O) groups is 3. The Morgan fingerprint density at radius 1 is 0.919 bits per heavy atom. The van der Waals surface area contributed by atoms with Gasteiger partial charge in [-0.3, -0.25) is 14.4 Å². The Hall–Kier alpha value is -3.18. The van der Waals surface area contributed by atoms with Gasteiger partial charge in [-0.25, -0.2) is 13.7 Å². The molecule has 2 N–H and O–H groups in total. The van der Waals surface area contributed by atoms with Crippen molar-refractivity contribution in [2.24, 2.45) is 0 Å². The molecule has 0 saturated heterocycles. The molecule has 0 radical (unpaired) electrons. The molecule has 3 amide bonds. The quantitative estimate of drug-likeness (QED) is 0.247. The van der Waals surface area contributed by atoms with E-state index in [9.17, 15) is 23.2 Å². The fourth-order valence-electron chi connectivity index (χ4n) is 3.76. The topological polar surface area (TPSA) is 78.5 Å². The zero-order valence-electron chi connectivity index (χ0n) is 20.3. The van der Waals surface area contributed by atoms with Gasteiger partial charge in [0, 0.05) is 9.64 Å². The second kappa shape index (κ2) is 13.9. The van der Waals surface area contributed by atoms with E-state index in [1.54, 1.807) is 30.3 Å². The number of hydrogen-bond acceptors (Lipinski definition) is 4. The number of anilines is 1. The van der Waals surface area contributed by atoms with Crippen LogP contribution in [0.15, 0.2) is 72.8 Å². The molecule has 3 aromatic carbocycles. The van der Waals surface area contributed by atoms with Gasteiger partial charge in [0.25, 0.3) is 5.91 Å². The standard InChI is InChI=1S/C28H28F2IN3O3/c1-19(33-26(35)16-21-14-22(29)17-23(30)15-21)28(37)34(25-7-3-2-4-8-25)27(36)18-32-13-5-6-20-9-11-24(31)12-10-20/h2-4,7-12,14-15,17,19,32H,5-6,13,16,18H2,1H3,(H,33,35)/t19-/m0/s1. The van der Waals surface area contributed by atoms with Crippen LogP contribution in [0.3, 0.4) is 0 Å². The summed E-state index contributed by atoms with van der Waals surface area (Å²) in [6.07, 6.45) is 1.37. The van der Waals surface area contributed by atoms with E-state index in [0.29, 0.717) is 18.3 Å². The van der Waals surface area contributed by atoms with Crippen LogP contribution >= 0.6 is 22.6 Å². The minimum atomic E-state index is -1.05. The molecule has 0 spiro atoms. The number of amides is 3. The molecule has 0 aliphatic heterocycles. The number of nitrogens with one attached hydrogen (secondary N) is 2. The first-order valence-electron chi connectivity index (χ1n) is 11.8. The molecule has 0 aliphatic rings. The minimum Gasteiger partial charge on any atom is -0.344 e. The predicted octanol–water partition coefficient (Wildman–Crippen LogP) is 4.40. The first-order chi connectivity index (χ1) is 17.7. The molecule has 0 fully saturated rings. The SMILES string of the molecule is C[C@H](NC(=O)Cc1cc(F)cc(F)c1)C(=O)N(C(=O)CNCCCc1ccc(I)cc1)c1ccccc1. The number of nitrogens with zero attached hydrogens (tertiary/aromatic N) is 1. The van der Waals surface area contributed by atoms with Crippen molar-refractivity contribution in [1.82, 2.24) is 10.6 Å². The van der Waals surface area contributed by atoms with Gasteiger partial charge in [-0.2, -0.15) is 0 Å². The zero-order valence-corrected chi connectivity index (χ0v) is 22.5. The summed E-state index contributed by atoms with van der Waals surface area (Å²) < 4.78 is 28.0. The van der Waals surface area contributed by atoms with E-state index in [1.807, 2.05) is 12.1 Å². The van der Waals surface area contributed by atoms with E-state index in [1.165, 1.54) is 16.1 Å². The van der Waals surface area contributed by atoms with Gasteiger partial charge < -0.3 is 10.6 Å². The third-order valence-electron chi connectivity index (χ3n) is 5.53. The van der Waals surface area contributed by atoms with E-state index in [2.05, 4.69) is 45.4 Å². The van der Waals surface area contributed by atoms with Crippen LogP contribution in [0, 0.1) is 15.2 Å². The average Bonchev–Trinajstić information content (AvgIpc) is 2.85. The fraction of sp³-hybridized carbons (Fsp3) is 0.250. The molecular formula is C28H28F2IN3O3. The highest BCUT2D eigenvalue weighted by molar-refractivity contribution is 14.1. The molecule has 0 aliphatic carbocycles. The van der Waals surface area contributed by atoms with Gasteiger partial charge in [0.05, 0.1) is 18.7 Å². The number of benzene rings is 3. The average molecular weight is 619 g/mol. The lowest BCUT2D eigenvalue weighted by Gasteiger charge is -2.25. The molecule has 0 unspecified atom stereocenters. The van der Waals surface area contributed by atoms with Crippen molar-refractivity contribution < 1.29 is 23.2 Å². The van der Waals surface area contributed by atoms with Gasteiger partial charge in [-0.1, -0.05) is 30.3 Å². The molecule has 1 atom stereocenters. The maximum Gasteiger partial charge on any atom is 0.256 e. The molecule has 3 rings (SSSR count). The van der Waals surface area contributed by atoms with E-state index >= 15 is 0 Å². The van der Waals surface area contributed by atoms with Crippen LogP contribution in [-0.4, -0.2) is 36.9 Å². The van der Waals surface area contributed by atoms with Gasteiger partial charge >= 0.3 is 0 Å². The maximum absolute atomic E-state index is 13.4. The molecule has 3 aromatic rings. The van der Waals surface area contributed by atoms with Crippen LogP contribution in [0.5, 0.6) is 0 Å². The van der Waals surface area contributed by atoms with Crippen LogP contribution in [0.4, 0.5) is 14.5 Å². The lowest BCUT2D eigenvalue weighted by atomic mass is 10.1. The van der Waals surface area contributed by atoms with Crippen LogP contribution in [0.25, 0.3) is 0 Å². The summed E-state index contributed by atoms with van der Waals surface area (Å²) in [6.45, 7) is 1.99. The Kier molecular flexibility index (Phi) is 10.7. The number of imide groups is 1. The van der Waals surface area contributed by atoms with Gasteiger partial charge in [0.15, 0.2) is 0 Å². The van der Waals surface area contributed by atoms with E-state index in [-0.39, 0.29) is 18.5 Å². The Bertz CT molecular complexity index is 1200. The van der Waals surface area contributed by atoms with Gasteiger partial charge in [-0.05, 0) is 96.4 Å². The summed E-state index contributed by atoms with van der Waals surface area (Å²) >= 11 is 2.26. The summed E-state index contributed by atoms with van der Waals surface area (Å²) in [7, 11) is 0. The number of para-hydroxylation sites is 1. The van der Waals surface area contributed by atoms with E-state index < -0.39 is 35.4 Å². The smallest absolute Gasteiger partial charge is 0.256 e. The number of rotatable bonds is 11. The molecule has 194 valence electrons. The van der Waals surface area contributed by atoms with Gasteiger partial charge in [0.1, 0.15) is 17.7 Å². The van der Waals surface area contributed by atoms with Crippen LogP contribution in [-0.2, 0) is 27.2 Å².